The molecule has 0 amide bonds. The molecular formula is C12H25NS. The molecule has 0 aromatic carbocycles. The molecule has 0 heterocycles. The summed E-state index contributed by atoms with van der Waals surface area (Å²) in [6.07, 6.45) is 6.99. The molecule has 1 fully saturated rings. The van der Waals surface area contributed by atoms with Gasteiger partial charge in [-0.3, -0.25) is 0 Å². The lowest BCUT2D eigenvalue weighted by Gasteiger charge is -2.31. The second-order valence-electron chi connectivity index (χ2n) is 4.56. The zero-order valence-electron chi connectivity index (χ0n) is 9.88. The highest BCUT2D eigenvalue weighted by Crippen LogP contribution is 2.30. The van der Waals surface area contributed by atoms with E-state index >= 15 is 0 Å². The van der Waals surface area contributed by atoms with Gasteiger partial charge >= 0.3 is 0 Å². The number of hydrogen-bond donors (Lipinski definition) is 1. The van der Waals surface area contributed by atoms with Crippen LogP contribution in [0.1, 0.15) is 46.0 Å². The monoisotopic (exact) mass is 215 g/mol. The van der Waals surface area contributed by atoms with Crippen molar-refractivity contribution in [1.82, 2.24) is 5.32 Å². The summed E-state index contributed by atoms with van der Waals surface area (Å²) in [6, 6.07) is 0.776. The summed E-state index contributed by atoms with van der Waals surface area (Å²) >= 11 is 2.20. The summed E-state index contributed by atoms with van der Waals surface area (Å²) in [5, 5.41) is 4.35. The van der Waals surface area contributed by atoms with Gasteiger partial charge in [-0.2, -0.15) is 11.8 Å². The van der Waals surface area contributed by atoms with Gasteiger partial charge in [0.25, 0.3) is 0 Å². The van der Waals surface area contributed by atoms with Crippen molar-refractivity contribution in [3.05, 3.63) is 0 Å². The third-order valence-electron chi connectivity index (χ3n) is 3.37. The molecule has 1 rings (SSSR count). The van der Waals surface area contributed by atoms with Gasteiger partial charge in [0.15, 0.2) is 0 Å². The van der Waals surface area contributed by atoms with Crippen molar-refractivity contribution in [2.45, 2.75) is 57.2 Å². The molecule has 3 unspecified atom stereocenters. The molecule has 1 N–H and O–H groups in total. The van der Waals surface area contributed by atoms with Crippen LogP contribution in [0.15, 0.2) is 0 Å². The topological polar surface area (TPSA) is 12.0 Å². The van der Waals surface area contributed by atoms with E-state index in [9.17, 15) is 0 Å². The summed E-state index contributed by atoms with van der Waals surface area (Å²) in [4.78, 5) is 0. The molecule has 0 saturated heterocycles. The molecule has 0 spiro atoms. The van der Waals surface area contributed by atoms with Crippen molar-refractivity contribution < 1.29 is 0 Å². The van der Waals surface area contributed by atoms with Crippen LogP contribution >= 0.6 is 11.8 Å². The van der Waals surface area contributed by atoms with Crippen molar-refractivity contribution in [2.24, 2.45) is 5.92 Å². The Morgan fingerprint density at radius 2 is 2.07 bits per heavy atom. The molecule has 0 aromatic heterocycles. The lowest BCUT2D eigenvalue weighted by molar-refractivity contribution is 0.405. The quantitative estimate of drug-likeness (QED) is 0.755. The first-order valence-corrected chi connectivity index (χ1v) is 7.11. The Labute approximate surface area is 93.4 Å². The number of hydrogen-bond acceptors (Lipinski definition) is 2. The summed E-state index contributed by atoms with van der Waals surface area (Å²) in [5.74, 6) is 2.23. The molecule has 0 bridgehead atoms. The van der Waals surface area contributed by atoms with Crippen molar-refractivity contribution in [3.8, 4) is 0 Å². The van der Waals surface area contributed by atoms with E-state index in [1.54, 1.807) is 0 Å². The molecule has 0 aliphatic heterocycles. The fraction of sp³-hybridized carbons (Fsp3) is 1.00. The van der Waals surface area contributed by atoms with E-state index in [0.717, 1.165) is 17.2 Å². The van der Waals surface area contributed by atoms with Crippen LogP contribution in [0.4, 0.5) is 0 Å². The van der Waals surface area contributed by atoms with E-state index in [1.165, 1.54) is 37.9 Å². The van der Waals surface area contributed by atoms with Gasteiger partial charge in [0.1, 0.15) is 0 Å². The molecule has 1 aliphatic rings. The minimum absolute atomic E-state index is 0.776. The second kappa shape index (κ2) is 6.73. The SMILES string of the molecule is CCC(C)CSC1CCCCC1NC. The van der Waals surface area contributed by atoms with Crippen LogP contribution in [0, 0.1) is 5.92 Å². The fourth-order valence-corrected chi connectivity index (χ4v) is 3.68. The highest BCUT2D eigenvalue weighted by Gasteiger charge is 2.23. The predicted octanol–water partition coefficient (Wildman–Crippen LogP) is 3.30. The van der Waals surface area contributed by atoms with Gasteiger partial charge in [-0.05, 0) is 31.6 Å². The highest BCUT2D eigenvalue weighted by molar-refractivity contribution is 7.99. The predicted molar refractivity (Wildman–Crippen MR) is 67.0 cm³/mol. The maximum Gasteiger partial charge on any atom is 0.0201 e. The van der Waals surface area contributed by atoms with E-state index in [-0.39, 0.29) is 0 Å². The number of nitrogens with one attached hydrogen (secondary N) is 1. The number of thioether (sulfide) groups is 1. The molecular weight excluding hydrogens is 190 g/mol. The van der Waals surface area contributed by atoms with Crippen LogP contribution in [-0.4, -0.2) is 24.1 Å². The summed E-state index contributed by atoms with van der Waals surface area (Å²) in [5.41, 5.74) is 0. The van der Waals surface area contributed by atoms with Gasteiger partial charge in [-0.25, -0.2) is 0 Å². The molecule has 14 heavy (non-hydrogen) atoms. The lowest BCUT2D eigenvalue weighted by atomic mass is 9.95. The first-order valence-electron chi connectivity index (χ1n) is 6.06. The molecule has 0 radical (unpaired) electrons. The van der Waals surface area contributed by atoms with E-state index in [2.05, 4.69) is 38.0 Å². The fourth-order valence-electron chi connectivity index (χ4n) is 2.03. The molecule has 2 heteroatoms. The Kier molecular flexibility index (Phi) is 5.95. The maximum absolute atomic E-state index is 3.47. The van der Waals surface area contributed by atoms with Gasteiger partial charge in [-0.1, -0.05) is 33.1 Å². The summed E-state index contributed by atoms with van der Waals surface area (Å²) in [7, 11) is 2.12. The molecule has 1 saturated carbocycles. The van der Waals surface area contributed by atoms with Gasteiger partial charge in [-0.15, -0.1) is 0 Å². The van der Waals surface area contributed by atoms with Crippen molar-refractivity contribution in [1.29, 1.82) is 0 Å². The van der Waals surface area contributed by atoms with Gasteiger partial charge < -0.3 is 5.32 Å². The van der Waals surface area contributed by atoms with Crippen LogP contribution in [-0.2, 0) is 0 Å². The van der Waals surface area contributed by atoms with Crippen LogP contribution in [0.5, 0.6) is 0 Å². The van der Waals surface area contributed by atoms with Gasteiger partial charge in [0.2, 0.25) is 0 Å². The van der Waals surface area contributed by atoms with Crippen molar-refractivity contribution in [3.63, 3.8) is 0 Å². The van der Waals surface area contributed by atoms with Crippen molar-refractivity contribution >= 4 is 11.8 Å². The summed E-state index contributed by atoms with van der Waals surface area (Å²) in [6.45, 7) is 4.66. The maximum atomic E-state index is 3.47. The van der Waals surface area contributed by atoms with Gasteiger partial charge in [0, 0.05) is 11.3 Å². The third-order valence-corrected chi connectivity index (χ3v) is 5.12. The van der Waals surface area contributed by atoms with E-state index in [0.29, 0.717) is 0 Å². The number of rotatable bonds is 5. The lowest BCUT2D eigenvalue weighted by Crippen LogP contribution is -2.38. The standard InChI is InChI=1S/C12H25NS/c1-4-10(2)9-14-12-8-6-5-7-11(12)13-3/h10-13H,4-9H2,1-3H3. The van der Waals surface area contributed by atoms with E-state index in [1.807, 2.05) is 0 Å². The normalized spacial score (nSPS) is 30.2. The van der Waals surface area contributed by atoms with Crippen LogP contribution in [0.25, 0.3) is 0 Å². The Bertz CT molecular complexity index is 149. The zero-order chi connectivity index (χ0) is 10.4. The molecule has 0 aromatic rings. The molecule has 3 atom stereocenters. The Balaban J connectivity index is 2.26. The highest BCUT2D eigenvalue weighted by atomic mass is 32.2. The van der Waals surface area contributed by atoms with Crippen LogP contribution in [0.2, 0.25) is 0 Å². The first kappa shape index (κ1) is 12.4. The molecule has 1 nitrogen and oxygen atoms in total. The summed E-state index contributed by atoms with van der Waals surface area (Å²) < 4.78 is 0. The van der Waals surface area contributed by atoms with E-state index < -0.39 is 0 Å². The van der Waals surface area contributed by atoms with Crippen LogP contribution in [0.3, 0.4) is 0 Å². The third kappa shape index (κ3) is 3.82. The molecule has 84 valence electrons. The van der Waals surface area contributed by atoms with Crippen molar-refractivity contribution in [2.75, 3.05) is 12.8 Å². The van der Waals surface area contributed by atoms with Gasteiger partial charge in [0.05, 0.1) is 0 Å². The Hall–Kier alpha value is 0.310. The largest absolute Gasteiger partial charge is 0.316 e. The minimum Gasteiger partial charge on any atom is -0.316 e. The first-order chi connectivity index (χ1) is 6.77. The average Bonchev–Trinajstić information content (AvgIpc) is 2.26. The Morgan fingerprint density at radius 3 is 2.71 bits per heavy atom. The average molecular weight is 215 g/mol. The second-order valence-corrected chi connectivity index (χ2v) is 5.84. The zero-order valence-corrected chi connectivity index (χ0v) is 10.7. The molecule has 1 aliphatic carbocycles. The smallest absolute Gasteiger partial charge is 0.0201 e. The Morgan fingerprint density at radius 1 is 1.36 bits per heavy atom. The van der Waals surface area contributed by atoms with E-state index in [4.69, 9.17) is 0 Å². The van der Waals surface area contributed by atoms with Crippen LogP contribution < -0.4 is 5.32 Å². The minimum atomic E-state index is 0.776.